The van der Waals surface area contributed by atoms with E-state index < -0.39 is 0 Å². The number of aryl methyl sites for hydroxylation is 2. The van der Waals surface area contributed by atoms with Crippen LogP contribution in [0.1, 0.15) is 18.6 Å². The number of benzene rings is 2. The van der Waals surface area contributed by atoms with E-state index in [0.717, 1.165) is 17.1 Å². The van der Waals surface area contributed by atoms with E-state index in [1.54, 1.807) is 6.07 Å². The van der Waals surface area contributed by atoms with Crippen LogP contribution in [0, 0.1) is 13.8 Å². The van der Waals surface area contributed by atoms with Crippen molar-refractivity contribution in [3.63, 3.8) is 0 Å². The van der Waals surface area contributed by atoms with E-state index in [9.17, 15) is 0 Å². The van der Waals surface area contributed by atoms with Crippen LogP contribution in [0.2, 0.25) is 0 Å². The summed E-state index contributed by atoms with van der Waals surface area (Å²) in [6, 6.07) is 10.7. The van der Waals surface area contributed by atoms with Crippen LogP contribution in [0.4, 0.5) is 0 Å². The summed E-state index contributed by atoms with van der Waals surface area (Å²) in [5.74, 6) is 1.61. The number of phenolic OH excluding ortho intramolecular Hbond substituents is 2. The Bertz CT molecular complexity index is 593. The summed E-state index contributed by atoms with van der Waals surface area (Å²) >= 11 is 0. The lowest BCUT2D eigenvalue weighted by atomic mass is 10.2. The fourth-order valence-electron chi connectivity index (χ4n) is 1.78. The third kappa shape index (κ3) is 4.60. The van der Waals surface area contributed by atoms with Gasteiger partial charge < -0.3 is 19.7 Å². The van der Waals surface area contributed by atoms with Gasteiger partial charge in [-0.15, -0.1) is 0 Å². The molecule has 0 amide bonds. The van der Waals surface area contributed by atoms with Gasteiger partial charge in [-0.05, 0) is 49.2 Å². The van der Waals surface area contributed by atoms with Crippen LogP contribution >= 0.6 is 0 Å². The lowest BCUT2D eigenvalue weighted by Crippen LogP contribution is -2.15. The summed E-state index contributed by atoms with van der Waals surface area (Å²) in [5, 5.41) is 17.6. The number of hydrogen-bond acceptors (Lipinski definition) is 4. The molecule has 0 saturated heterocycles. The first kappa shape index (κ1) is 16.7. The van der Waals surface area contributed by atoms with Crippen LogP contribution in [-0.4, -0.2) is 23.4 Å². The topological polar surface area (TPSA) is 58.9 Å². The molecule has 2 N–H and O–H groups in total. The van der Waals surface area contributed by atoms with Crippen LogP contribution < -0.4 is 9.47 Å². The van der Waals surface area contributed by atoms with Gasteiger partial charge in [0.2, 0.25) is 0 Å². The van der Waals surface area contributed by atoms with Gasteiger partial charge >= 0.3 is 0 Å². The Labute approximate surface area is 125 Å². The van der Waals surface area contributed by atoms with Crippen molar-refractivity contribution < 1.29 is 19.7 Å². The largest absolute Gasteiger partial charge is 0.504 e. The predicted molar refractivity (Wildman–Crippen MR) is 83.4 cm³/mol. The molecule has 114 valence electrons. The Morgan fingerprint density at radius 3 is 1.95 bits per heavy atom. The number of aromatic hydroxyl groups is 2. The van der Waals surface area contributed by atoms with Gasteiger partial charge in [0, 0.05) is 0 Å². The highest BCUT2D eigenvalue weighted by Crippen LogP contribution is 2.30. The standard InChI is InChI=1S/C9H10O2.C7H8O2.CH4/c1-7-2-3-8-9(6-7)11-5-4-10-8;1-5-2-3-6(8)7(9)4-5;/h2-3,6H,4-5H2,1H3;2-4,8-9H,1H3;1H4. The lowest BCUT2D eigenvalue weighted by molar-refractivity contribution is 0.171. The van der Waals surface area contributed by atoms with E-state index in [1.165, 1.54) is 17.7 Å². The van der Waals surface area contributed by atoms with Crippen molar-refractivity contribution in [3.05, 3.63) is 47.5 Å². The lowest BCUT2D eigenvalue weighted by Gasteiger charge is -2.18. The van der Waals surface area contributed by atoms with E-state index in [2.05, 4.69) is 0 Å². The summed E-state index contributed by atoms with van der Waals surface area (Å²) in [6.07, 6.45) is 0. The molecular formula is C17H22O4. The normalized spacial score (nSPS) is 11.7. The molecular weight excluding hydrogens is 268 g/mol. The van der Waals surface area contributed by atoms with Gasteiger partial charge in [0.05, 0.1) is 0 Å². The minimum Gasteiger partial charge on any atom is -0.504 e. The minimum atomic E-state index is -0.0689. The van der Waals surface area contributed by atoms with Crippen molar-refractivity contribution in [2.75, 3.05) is 13.2 Å². The minimum absolute atomic E-state index is 0. The zero-order valence-corrected chi connectivity index (χ0v) is 11.6. The molecule has 2 aromatic rings. The second kappa shape index (κ2) is 7.43. The van der Waals surface area contributed by atoms with Gasteiger partial charge in [-0.1, -0.05) is 19.6 Å². The van der Waals surface area contributed by atoms with E-state index in [0.29, 0.717) is 13.2 Å². The second-order valence-electron chi connectivity index (χ2n) is 4.64. The third-order valence-electron chi connectivity index (χ3n) is 2.83. The van der Waals surface area contributed by atoms with Crippen LogP contribution in [-0.2, 0) is 0 Å². The van der Waals surface area contributed by atoms with Crippen molar-refractivity contribution in [2.45, 2.75) is 21.3 Å². The van der Waals surface area contributed by atoms with Crippen LogP contribution in [0.3, 0.4) is 0 Å². The van der Waals surface area contributed by atoms with E-state index in [1.807, 2.05) is 32.0 Å². The molecule has 1 aliphatic rings. The van der Waals surface area contributed by atoms with E-state index in [-0.39, 0.29) is 18.9 Å². The Kier molecular flexibility index (Phi) is 5.91. The maximum Gasteiger partial charge on any atom is 0.161 e. The molecule has 0 spiro atoms. The number of fused-ring (bicyclic) bond motifs is 1. The van der Waals surface area contributed by atoms with Gasteiger partial charge in [0.25, 0.3) is 0 Å². The molecule has 21 heavy (non-hydrogen) atoms. The Balaban J connectivity index is 0.000000205. The number of hydrogen-bond donors (Lipinski definition) is 2. The van der Waals surface area contributed by atoms with Crippen LogP contribution in [0.5, 0.6) is 23.0 Å². The molecule has 0 aliphatic carbocycles. The molecule has 0 aromatic heterocycles. The summed E-state index contributed by atoms with van der Waals surface area (Å²) in [4.78, 5) is 0. The average Bonchev–Trinajstić information content (AvgIpc) is 2.44. The molecule has 3 rings (SSSR count). The van der Waals surface area contributed by atoms with Gasteiger partial charge in [0.1, 0.15) is 13.2 Å². The molecule has 0 fully saturated rings. The molecule has 1 aliphatic heterocycles. The first-order valence-corrected chi connectivity index (χ1v) is 6.41. The highest BCUT2D eigenvalue weighted by Gasteiger charge is 2.09. The first-order chi connectivity index (χ1) is 9.56. The van der Waals surface area contributed by atoms with Crippen molar-refractivity contribution >= 4 is 0 Å². The summed E-state index contributed by atoms with van der Waals surface area (Å²) < 4.78 is 10.7. The smallest absolute Gasteiger partial charge is 0.161 e. The Morgan fingerprint density at radius 1 is 0.762 bits per heavy atom. The summed E-state index contributed by atoms with van der Waals surface area (Å²) in [5.41, 5.74) is 2.14. The highest BCUT2D eigenvalue weighted by molar-refractivity contribution is 5.43. The van der Waals surface area contributed by atoms with Crippen molar-refractivity contribution in [2.24, 2.45) is 0 Å². The fraction of sp³-hybridized carbons (Fsp3) is 0.294. The summed E-state index contributed by atoms with van der Waals surface area (Å²) in [6.45, 7) is 5.21. The molecule has 0 atom stereocenters. The molecule has 2 aromatic carbocycles. The SMILES string of the molecule is C.Cc1ccc(O)c(O)c1.Cc1ccc2c(c1)OCCO2. The number of ether oxygens (including phenoxy) is 2. The maximum atomic E-state index is 8.85. The number of phenols is 2. The molecule has 0 bridgehead atoms. The Morgan fingerprint density at radius 2 is 1.33 bits per heavy atom. The molecule has 4 heteroatoms. The zero-order chi connectivity index (χ0) is 14.5. The fourth-order valence-corrected chi connectivity index (χ4v) is 1.78. The zero-order valence-electron chi connectivity index (χ0n) is 11.6. The van der Waals surface area contributed by atoms with Crippen molar-refractivity contribution in [1.29, 1.82) is 0 Å². The second-order valence-corrected chi connectivity index (χ2v) is 4.64. The van der Waals surface area contributed by atoms with Crippen molar-refractivity contribution in [1.82, 2.24) is 0 Å². The van der Waals surface area contributed by atoms with Gasteiger partial charge in [-0.2, -0.15) is 0 Å². The average molecular weight is 290 g/mol. The molecule has 4 nitrogen and oxygen atoms in total. The Hall–Kier alpha value is -2.36. The van der Waals surface area contributed by atoms with Gasteiger partial charge in [0.15, 0.2) is 23.0 Å². The van der Waals surface area contributed by atoms with E-state index in [4.69, 9.17) is 19.7 Å². The van der Waals surface area contributed by atoms with Crippen LogP contribution in [0.25, 0.3) is 0 Å². The molecule has 0 saturated carbocycles. The predicted octanol–water partition coefficient (Wildman–Crippen LogP) is 3.81. The first-order valence-electron chi connectivity index (χ1n) is 6.41. The summed E-state index contributed by atoms with van der Waals surface area (Å²) in [7, 11) is 0. The maximum absolute atomic E-state index is 8.85. The molecule has 0 unspecified atom stereocenters. The van der Waals surface area contributed by atoms with Crippen LogP contribution in [0.15, 0.2) is 36.4 Å². The highest BCUT2D eigenvalue weighted by atomic mass is 16.6. The number of rotatable bonds is 0. The van der Waals surface area contributed by atoms with Gasteiger partial charge in [-0.3, -0.25) is 0 Å². The molecule has 1 heterocycles. The molecule has 0 radical (unpaired) electrons. The van der Waals surface area contributed by atoms with E-state index >= 15 is 0 Å². The monoisotopic (exact) mass is 290 g/mol. The quantitative estimate of drug-likeness (QED) is 0.724. The third-order valence-corrected chi connectivity index (χ3v) is 2.83. The van der Waals surface area contributed by atoms with Crippen molar-refractivity contribution in [3.8, 4) is 23.0 Å². The van der Waals surface area contributed by atoms with Gasteiger partial charge in [-0.25, -0.2) is 0 Å².